The molecule has 11 heteroatoms. The molecule has 0 aromatic heterocycles. The summed E-state index contributed by atoms with van der Waals surface area (Å²) < 4.78 is 16.6. The molecule has 3 N–H and O–H groups in total. The van der Waals surface area contributed by atoms with E-state index in [1.807, 2.05) is 30.3 Å². The lowest BCUT2D eigenvalue weighted by Crippen LogP contribution is -2.48. The van der Waals surface area contributed by atoms with Gasteiger partial charge in [0.15, 0.2) is 0 Å². The van der Waals surface area contributed by atoms with E-state index in [1.54, 1.807) is 55.6 Å². The Hall–Kier alpha value is -5.06. The molecule has 0 fully saturated rings. The molecule has 0 bridgehead atoms. The number of hydrogen-bond donors (Lipinski definition) is 3. The van der Waals surface area contributed by atoms with Gasteiger partial charge in [-0.1, -0.05) is 42.5 Å². The zero-order valence-electron chi connectivity index (χ0n) is 24.0. The fraction of sp³-hybridized carbons (Fsp3) is 0.312. The van der Waals surface area contributed by atoms with Crippen molar-refractivity contribution >= 4 is 23.6 Å². The molecule has 0 aliphatic carbocycles. The molecule has 43 heavy (non-hydrogen) atoms. The van der Waals surface area contributed by atoms with Crippen LogP contribution < -0.4 is 30.2 Å². The average Bonchev–Trinajstić information content (AvgIpc) is 3.03. The van der Waals surface area contributed by atoms with Crippen LogP contribution in [0.3, 0.4) is 0 Å². The van der Waals surface area contributed by atoms with E-state index in [0.29, 0.717) is 17.2 Å². The predicted molar refractivity (Wildman–Crippen MR) is 159 cm³/mol. The number of ether oxygens (including phenoxy) is 3. The monoisotopic (exact) mass is 588 g/mol. The summed E-state index contributed by atoms with van der Waals surface area (Å²) in [4.78, 5) is 54.1. The van der Waals surface area contributed by atoms with Crippen molar-refractivity contribution in [2.24, 2.45) is 0 Å². The fourth-order valence-corrected chi connectivity index (χ4v) is 4.47. The molecule has 1 aliphatic heterocycles. The quantitative estimate of drug-likeness (QED) is 0.344. The lowest BCUT2D eigenvalue weighted by atomic mass is 10.1. The summed E-state index contributed by atoms with van der Waals surface area (Å²) in [5.74, 6) is -0.00521. The number of nitrogens with zero attached hydrogens (tertiary/aromatic N) is 1. The Labute approximate surface area is 250 Å². The number of fused-ring (bicyclic) bond motifs is 1. The van der Waals surface area contributed by atoms with E-state index < -0.39 is 17.9 Å². The summed E-state index contributed by atoms with van der Waals surface area (Å²) >= 11 is 0. The Morgan fingerprint density at radius 2 is 1.70 bits per heavy atom. The molecule has 11 nitrogen and oxygen atoms in total. The molecule has 0 saturated carbocycles. The number of hydrogen-bond acceptors (Lipinski definition) is 7. The first-order chi connectivity index (χ1) is 20.9. The van der Waals surface area contributed by atoms with Crippen LogP contribution in [0.4, 0.5) is 0 Å². The third kappa shape index (κ3) is 9.49. The Bertz CT molecular complexity index is 1380. The third-order valence-electron chi connectivity index (χ3n) is 6.72. The highest BCUT2D eigenvalue weighted by molar-refractivity contribution is 5.99. The highest BCUT2D eigenvalue weighted by Gasteiger charge is 2.26. The van der Waals surface area contributed by atoms with Crippen LogP contribution in [0.2, 0.25) is 0 Å². The van der Waals surface area contributed by atoms with Crippen LogP contribution in [0.5, 0.6) is 17.2 Å². The molecule has 1 atom stereocenters. The van der Waals surface area contributed by atoms with Crippen molar-refractivity contribution in [1.29, 1.82) is 0 Å². The summed E-state index contributed by atoms with van der Waals surface area (Å²) in [5.41, 5.74) is 1.10. The van der Waals surface area contributed by atoms with Gasteiger partial charge in [0.25, 0.3) is 5.91 Å². The molecule has 0 saturated heterocycles. The van der Waals surface area contributed by atoms with Gasteiger partial charge in [0.2, 0.25) is 17.7 Å². The van der Waals surface area contributed by atoms with E-state index in [0.717, 1.165) is 5.56 Å². The van der Waals surface area contributed by atoms with Gasteiger partial charge in [-0.3, -0.25) is 19.2 Å². The van der Waals surface area contributed by atoms with Crippen molar-refractivity contribution in [2.45, 2.75) is 25.4 Å². The van der Waals surface area contributed by atoms with Gasteiger partial charge < -0.3 is 35.1 Å². The normalized spacial score (nSPS) is 16.3. The molecular weight excluding hydrogens is 552 g/mol. The zero-order chi connectivity index (χ0) is 30.4. The molecular formula is C32H36N4O7. The minimum atomic E-state index is -1.02. The molecule has 1 aliphatic rings. The smallest absolute Gasteiger partial charge is 0.255 e. The molecule has 0 spiro atoms. The van der Waals surface area contributed by atoms with Gasteiger partial charge in [0.1, 0.15) is 36.5 Å². The molecule has 1 heterocycles. The molecule has 0 radical (unpaired) electrons. The number of carbonyl (C=O) groups excluding carboxylic acids is 4. The highest BCUT2D eigenvalue weighted by Crippen LogP contribution is 2.19. The summed E-state index contributed by atoms with van der Waals surface area (Å²) in [6.45, 7) is 0.725. The van der Waals surface area contributed by atoms with Gasteiger partial charge in [-0.25, -0.2) is 0 Å². The van der Waals surface area contributed by atoms with Crippen molar-refractivity contribution < 1.29 is 33.4 Å². The summed E-state index contributed by atoms with van der Waals surface area (Å²) in [6.07, 6.45) is -0.0509. The van der Waals surface area contributed by atoms with E-state index in [9.17, 15) is 19.2 Å². The Kier molecular flexibility index (Phi) is 11.4. The van der Waals surface area contributed by atoms with Crippen LogP contribution in [-0.2, 0) is 20.9 Å². The van der Waals surface area contributed by atoms with Crippen LogP contribution in [0.15, 0.2) is 78.9 Å². The van der Waals surface area contributed by atoms with Crippen LogP contribution in [0.1, 0.15) is 28.8 Å². The van der Waals surface area contributed by atoms with Crippen molar-refractivity contribution in [1.82, 2.24) is 20.9 Å². The standard InChI is InChI=1S/C32H36N4O7/c1-41-24-11-13-25(14-12-24)42-19-18-34-32(40)27-15-16-30(38)36(21-23-7-3-2-4-8-23)22-29(37)33-17-20-43-28-10-6-5-9-26(28)31(39)35-27/h2-14,27H,15-22H2,1H3,(H,33,37)(H,34,40)(H,35,39)/t27-/m0/s1. The molecule has 226 valence electrons. The van der Waals surface area contributed by atoms with Crippen LogP contribution in [0.25, 0.3) is 0 Å². The molecule has 4 rings (SSSR count). The maximum atomic E-state index is 13.4. The van der Waals surface area contributed by atoms with Crippen molar-refractivity contribution in [3.63, 3.8) is 0 Å². The number of methoxy groups -OCH3 is 1. The lowest BCUT2D eigenvalue weighted by Gasteiger charge is -2.24. The second-order valence-corrected chi connectivity index (χ2v) is 9.81. The lowest BCUT2D eigenvalue weighted by molar-refractivity contribution is -0.137. The molecule has 0 unspecified atom stereocenters. The van der Waals surface area contributed by atoms with Gasteiger partial charge in [0.05, 0.1) is 32.3 Å². The maximum absolute atomic E-state index is 13.4. The highest BCUT2D eigenvalue weighted by atomic mass is 16.5. The number of para-hydroxylation sites is 1. The van der Waals surface area contributed by atoms with Crippen LogP contribution >= 0.6 is 0 Å². The van der Waals surface area contributed by atoms with Gasteiger partial charge in [0, 0.05) is 13.0 Å². The van der Waals surface area contributed by atoms with Crippen LogP contribution in [0, 0.1) is 0 Å². The van der Waals surface area contributed by atoms with Crippen LogP contribution in [-0.4, -0.2) is 74.5 Å². The zero-order valence-corrected chi connectivity index (χ0v) is 24.0. The van der Waals surface area contributed by atoms with E-state index >= 15 is 0 Å². The minimum absolute atomic E-state index is 0.0195. The maximum Gasteiger partial charge on any atom is 0.255 e. The van der Waals surface area contributed by atoms with Gasteiger partial charge in [-0.15, -0.1) is 0 Å². The predicted octanol–water partition coefficient (Wildman–Crippen LogP) is 2.31. The number of amides is 4. The molecule has 3 aromatic rings. The van der Waals surface area contributed by atoms with E-state index in [2.05, 4.69) is 16.0 Å². The largest absolute Gasteiger partial charge is 0.497 e. The summed E-state index contributed by atoms with van der Waals surface area (Å²) in [5, 5.41) is 8.32. The topological polar surface area (TPSA) is 135 Å². The second-order valence-electron chi connectivity index (χ2n) is 9.81. The fourth-order valence-electron chi connectivity index (χ4n) is 4.47. The number of benzene rings is 3. The Morgan fingerprint density at radius 3 is 2.47 bits per heavy atom. The second kappa shape index (κ2) is 15.8. The molecule has 3 aromatic carbocycles. The first-order valence-electron chi connectivity index (χ1n) is 14.1. The molecule has 4 amide bonds. The van der Waals surface area contributed by atoms with Crippen molar-refractivity contribution in [3.05, 3.63) is 90.0 Å². The first kappa shape index (κ1) is 30.9. The summed E-state index contributed by atoms with van der Waals surface area (Å²) in [7, 11) is 1.58. The number of rotatable bonds is 8. The van der Waals surface area contributed by atoms with Gasteiger partial charge in [-0.2, -0.15) is 0 Å². The number of nitrogens with one attached hydrogen (secondary N) is 3. The van der Waals surface area contributed by atoms with E-state index in [4.69, 9.17) is 14.2 Å². The Balaban J connectivity index is 1.47. The third-order valence-corrected chi connectivity index (χ3v) is 6.72. The van der Waals surface area contributed by atoms with E-state index in [1.165, 1.54) is 4.90 Å². The Morgan fingerprint density at radius 1 is 0.977 bits per heavy atom. The average molecular weight is 589 g/mol. The minimum Gasteiger partial charge on any atom is -0.497 e. The van der Waals surface area contributed by atoms with Gasteiger partial charge in [-0.05, 0) is 48.4 Å². The van der Waals surface area contributed by atoms with E-state index in [-0.39, 0.29) is 69.6 Å². The van der Waals surface area contributed by atoms with Crippen molar-refractivity contribution in [3.8, 4) is 17.2 Å². The SMILES string of the molecule is COc1ccc(OCCNC(=O)[C@@H]2CCC(=O)N(Cc3ccccc3)CC(=O)NCCOc3ccccc3C(=O)N2)cc1. The summed E-state index contributed by atoms with van der Waals surface area (Å²) in [6, 6.07) is 22.0. The van der Waals surface area contributed by atoms with Crippen molar-refractivity contribution in [2.75, 3.05) is 40.0 Å². The number of carbonyl (C=O) groups is 4. The first-order valence-corrected chi connectivity index (χ1v) is 14.1. The van der Waals surface area contributed by atoms with Gasteiger partial charge >= 0.3 is 0 Å².